The fraction of sp³-hybridized carbons (Fsp3) is 0.400. The highest BCUT2D eigenvalue weighted by Crippen LogP contribution is 2.09. The monoisotopic (exact) mass is 220 g/mol. The Balaban J connectivity index is 1.97. The molecule has 1 N–H and O–H groups in total. The minimum Gasteiger partial charge on any atom is -0.481 e. The smallest absolute Gasteiger partial charge is 0.303 e. The van der Waals surface area contributed by atoms with Crippen LogP contribution in [0.25, 0.3) is 11.2 Å². The van der Waals surface area contributed by atoms with Gasteiger partial charge in [-0.2, -0.15) is 0 Å². The first-order valence-corrected chi connectivity index (χ1v) is 5.10. The van der Waals surface area contributed by atoms with Crippen molar-refractivity contribution in [2.45, 2.75) is 25.8 Å². The summed E-state index contributed by atoms with van der Waals surface area (Å²) < 4.78 is 1.94. The van der Waals surface area contributed by atoms with Crippen LogP contribution >= 0.6 is 0 Å². The Morgan fingerprint density at radius 3 is 3.06 bits per heavy atom. The maximum atomic E-state index is 10.3. The third-order valence-corrected chi connectivity index (χ3v) is 2.34. The molecule has 0 saturated heterocycles. The summed E-state index contributed by atoms with van der Waals surface area (Å²) >= 11 is 0. The van der Waals surface area contributed by atoms with Crippen molar-refractivity contribution >= 4 is 17.1 Å². The van der Waals surface area contributed by atoms with E-state index in [2.05, 4.69) is 15.0 Å². The normalized spacial score (nSPS) is 10.8. The number of fused-ring (bicyclic) bond motifs is 1. The summed E-state index contributed by atoms with van der Waals surface area (Å²) in [5.41, 5.74) is 1.56. The standard InChI is InChI=1S/C10H12N4O2/c15-9(16)3-1-2-4-14-7-13-10-8(14)5-11-6-12-10/h5-7H,1-4H2,(H,15,16). The van der Waals surface area contributed by atoms with E-state index >= 15 is 0 Å². The Bertz CT molecular complexity index is 494. The van der Waals surface area contributed by atoms with Crippen LogP contribution in [0.4, 0.5) is 0 Å². The van der Waals surface area contributed by atoms with Crippen LogP contribution in [0.3, 0.4) is 0 Å². The van der Waals surface area contributed by atoms with E-state index in [4.69, 9.17) is 5.11 Å². The minimum absolute atomic E-state index is 0.211. The second-order valence-corrected chi connectivity index (χ2v) is 3.52. The lowest BCUT2D eigenvalue weighted by atomic mass is 10.2. The fourth-order valence-electron chi connectivity index (χ4n) is 1.54. The van der Waals surface area contributed by atoms with Crippen molar-refractivity contribution in [1.82, 2.24) is 19.5 Å². The van der Waals surface area contributed by atoms with Gasteiger partial charge >= 0.3 is 5.97 Å². The molecule has 0 fully saturated rings. The summed E-state index contributed by atoms with van der Waals surface area (Å²) in [5.74, 6) is -0.751. The predicted molar refractivity (Wildman–Crippen MR) is 56.8 cm³/mol. The van der Waals surface area contributed by atoms with Gasteiger partial charge in [0.25, 0.3) is 0 Å². The second-order valence-electron chi connectivity index (χ2n) is 3.52. The molecule has 0 spiro atoms. The Kier molecular flexibility index (Phi) is 3.09. The third kappa shape index (κ3) is 2.33. The topological polar surface area (TPSA) is 80.9 Å². The Morgan fingerprint density at radius 2 is 2.25 bits per heavy atom. The van der Waals surface area contributed by atoms with Crippen molar-refractivity contribution in [2.24, 2.45) is 0 Å². The molecule has 6 nitrogen and oxygen atoms in total. The zero-order valence-electron chi connectivity index (χ0n) is 8.70. The molecule has 2 heterocycles. The van der Waals surface area contributed by atoms with E-state index in [-0.39, 0.29) is 6.42 Å². The quantitative estimate of drug-likeness (QED) is 0.762. The number of hydrogen-bond acceptors (Lipinski definition) is 4. The third-order valence-electron chi connectivity index (χ3n) is 2.34. The van der Waals surface area contributed by atoms with Crippen LogP contribution in [0.1, 0.15) is 19.3 Å². The lowest BCUT2D eigenvalue weighted by Crippen LogP contribution is -1.99. The number of aliphatic carboxylic acids is 1. The largest absolute Gasteiger partial charge is 0.481 e. The summed E-state index contributed by atoms with van der Waals surface area (Å²) in [6, 6.07) is 0. The number of unbranched alkanes of at least 4 members (excludes halogenated alkanes) is 1. The van der Waals surface area contributed by atoms with Crippen LogP contribution in [0, 0.1) is 0 Å². The molecule has 0 radical (unpaired) electrons. The Hall–Kier alpha value is -1.98. The maximum Gasteiger partial charge on any atom is 0.303 e. The molecule has 0 aliphatic carbocycles. The van der Waals surface area contributed by atoms with Gasteiger partial charge in [-0.15, -0.1) is 0 Å². The van der Waals surface area contributed by atoms with E-state index in [9.17, 15) is 4.79 Å². The molecule has 2 aromatic heterocycles. The summed E-state index contributed by atoms with van der Waals surface area (Å²) in [4.78, 5) is 22.4. The molecule has 6 heteroatoms. The predicted octanol–water partition coefficient (Wildman–Crippen LogP) is 1.08. The molecule has 0 bridgehead atoms. The summed E-state index contributed by atoms with van der Waals surface area (Å²) in [6.45, 7) is 0.747. The Labute approximate surface area is 92.0 Å². The molecule has 16 heavy (non-hydrogen) atoms. The number of rotatable bonds is 5. The van der Waals surface area contributed by atoms with Crippen molar-refractivity contribution in [1.29, 1.82) is 0 Å². The van der Waals surface area contributed by atoms with Gasteiger partial charge < -0.3 is 9.67 Å². The molecular weight excluding hydrogens is 208 g/mol. The van der Waals surface area contributed by atoms with Gasteiger partial charge in [-0.25, -0.2) is 15.0 Å². The number of carbonyl (C=O) groups is 1. The first-order chi connectivity index (χ1) is 7.77. The highest BCUT2D eigenvalue weighted by Gasteiger charge is 2.03. The molecule has 0 amide bonds. The van der Waals surface area contributed by atoms with Crippen molar-refractivity contribution in [3.05, 3.63) is 18.9 Å². The van der Waals surface area contributed by atoms with Crippen molar-refractivity contribution < 1.29 is 9.90 Å². The highest BCUT2D eigenvalue weighted by molar-refractivity contribution is 5.68. The molecule has 84 valence electrons. The highest BCUT2D eigenvalue weighted by atomic mass is 16.4. The lowest BCUT2D eigenvalue weighted by molar-refractivity contribution is -0.137. The summed E-state index contributed by atoms with van der Waals surface area (Å²) in [6.07, 6.45) is 6.58. The summed E-state index contributed by atoms with van der Waals surface area (Å²) in [5, 5.41) is 8.50. The van der Waals surface area contributed by atoms with Crippen LogP contribution in [-0.2, 0) is 11.3 Å². The molecule has 2 rings (SSSR count). The second kappa shape index (κ2) is 4.69. The molecule has 2 aromatic rings. The number of aryl methyl sites for hydroxylation is 1. The number of nitrogens with zero attached hydrogens (tertiary/aromatic N) is 4. The molecule has 0 aliphatic heterocycles. The fourth-order valence-corrected chi connectivity index (χ4v) is 1.54. The van der Waals surface area contributed by atoms with Gasteiger partial charge in [-0.3, -0.25) is 4.79 Å². The lowest BCUT2D eigenvalue weighted by Gasteiger charge is -2.02. The van der Waals surface area contributed by atoms with Gasteiger partial charge in [0, 0.05) is 13.0 Å². The van der Waals surface area contributed by atoms with E-state index < -0.39 is 5.97 Å². The van der Waals surface area contributed by atoms with Crippen LogP contribution in [0.5, 0.6) is 0 Å². The zero-order valence-corrected chi connectivity index (χ0v) is 8.70. The van der Waals surface area contributed by atoms with E-state index in [1.54, 1.807) is 12.5 Å². The SMILES string of the molecule is O=C(O)CCCCn1cnc2ncncc21. The van der Waals surface area contributed by atoms with Crippen molar-refractivity contribution in [3.8, 4) is 0 Å². The van der Waals surface area contributed by atoms with E-state index in [1.165, 1.54) is 6.33 Å². The summed E-state index contributed by atoms with van der Waals surface area (Å²) in [7, 11) is 0. The molecule has 0 aromatic carbocycles. The number of carboxylic acid groups (broad SMARTS) is 1. The van der Waals surface area contributed by atoms with E-state index in [0.717, 1.165) is 18.5 Å². The molecule has 0 unspecified atom stereocenters. The number of hydrogen-bond donors (Lipinski definition) is 1. The molecule has 0 aliphatic rings. The van der Waals surface area contributed by atoms with Gasteiger partial charge in [0.15, 0.2) is 5.65 Å². The van der Waals surface area contributed by atoms with Crippen LogP contribution in [0.15, 0.2) is 18.9 Å². The van der Waals surface area contributed by atoms with Gasteiger partial charge in [-0.05, 0) is 12.8 Å². The first-order valence-electron chi connectivity index (χ1n) is 5.10. The number of imidazole rings is 1. The molecular formula is C10H12N4O2. The van der Waals surface area contributed by atoms with E-state index in [1.807, 2.05) is 4.57 Å². The number of aromatic nitrogens is 4. The first kappa shape index (κ1) is 10.5. The van der Waals surface area contributed by atoms with Gasteiger partial charge in [0.05, 0.1) is 12.5 Å². The van der Waals surface area contributed by atoms with Crippen LogP contribution in [-0.4, -0.2) is 30.6 Å². The molecule has 0 atom stereocenters. The molecule has 0 saturated carbocycles. The number of carboxylic acids is 1. The average Bonchev–Trinajstić information content (AvgIpc) is 2.68. The zero-order chi connectivity index (χ0) is 11.4. The van der Waals surface area contributed by atoms with Crippen LogP contribution < -0.4 is 0 Å². The van der Waals surface area contributed by atoms with E-state index in [0.29, 0.717) is 12.1 Å². The maximum absolute atomic E-state index is 10.3. The Morgan fingerprint density at radius 1 is 1.38 bits per heavy atom. The van der Waals surface area contributed by atoms with Gasteiger partial charge in [-0.1, -0.05) is 0 Å². The van der Waals surface area contributed by atoms with Crippen molar-refractivity contribution in [2.75, 3.05) is 0 Å². The average molecular weight is 220 g/mol. The van der Waals surface area contributed by atoms with Crippen LogP contribution in [0.2, 0.25) is 0 Å². The minimum atomic E-state index is -0.751. The van der Waals surface area contributed by atoms with Crippen molar-refractivity contribution in [3.63, 3.8) is 0 Å². The van der Waals surface area contributed by atoms with Gasteiger partial charge in [0.1, 0.15) is 11.8 Å². The van der Waals surface area contributed by atoms with Gasteiger partial charge in [0.2, 0.25) is 0 Å².